The summed E-state index contributed by atoms with van der Waals surface area (Å²) in [6.45, 7) is 2.53. The molecule has 1 aromatic carbocycles. The van der Waals surface area contributed by atoms with Crippen molar-refractivity contribution in [3.8, 4) is 0 Å². The zero-order valence-electron chi connectivity index (χ0n) is 16.7. The number of furan rings is 1. The lowest BCUT2D eigenvalue weighted by molar-refractivity contribution is -0.132. The fourth-order valence-electron chi connectivity index (χ4n) is 3.40. The Bertz CT molecular complexity index is 872. The van der Waals surface area contributed by atoms with Crippen molar-refractivity contribution in [1.82, 2.24) is 9.21 Å². The maximum atomic E-state index is 12.7. The minimum atomic E-state index is -3.41. The molecule has 158 valence electrons. The van der Waals surface area contributed by atoms with Gasteiger partial charge in [0.25, 0.3) is 0 Å². The molecule has 0 saturated carbocycles. The van der Waals surface area contributed by atoms with Crippen LogP contribution in [0.4, 0.5) is 0 Å². The smallest absolute Gasteiger partial charge is 0.243 e. The van der Waals surface area contributed by atoms with Crippen LogP contribution in [0.2, 0.25) is 0 Å². The standard InChI is InChI=1S/C21H28N2O5S/c1-27-16-14-22(17-19-5-4-15-28-19)21(24)11-8-18-6-9-20(10-7-18)29(25,26)23-12-2-3-13-23/h4-7,9-10,15H,2-3,8,11-14,16-17H2,1H3. The van der Waals surface area contributed by atoms with E-state index >= 15 is 0 Å². The zero-order valence-corrected chi connectivity index (χ0v) is 17.6. The molecule has 1 aliphatic rings. The first-order chi connectivity index (χ1) is 14.0. The first kappa shape index (κ1) is 21.5. The van der Waals surface area contributed by atoms with Gasteiger partial charge >= 0.3 is 0 Å². The van der Waals surface area contributed by atoms with Crippen LogP contribution in [0.5, 0.6) is 0 Å². The Kier molecular flexibility index (Phi) is 7.46. The normalized spacial score (nSPS) is 14.9. The first-order valence-electron chi connectivity index (χ1n) is 9.89. The summed E-state index contributed by atoms with van der Waals surface area (Å²) < 4.78 is 37.2. The van der Waals surface area contributed by atoms with Gasteiger partial charge in [0, 0.05) is 33.2 Å². The number of aryl methyl sites for hydroxylation is 1. The third-order valence-corrected chi connectivity index (χ3v) is 7.01. The molecule has 3 rings (SSSR count). The topological polar surface area (TPSA) is 80.1 Å². The highest BCUT2D eigenvalue weighted by atomic mass is 32.2. The van der Waals surface area contributed by atoms with E-state index in [1.165, 1.54) is 4.31 Å². The van der Waals surface area contributed by atoms with Gasteiger partial charge in [-0.1, -0.05) is 12.1 Å². The van der Waals surface area contributed by atoms with Crippen molar-refractivity contribution in [3.63, 3.8) is 0 Å². The van der Waals surface area contributed by atoms with Crippen molar-refractivity contribution in [3.05, 3.63) is 54.0 Å². The van der Waals surface area contributed by atoms with E-state index in [0.717, 1.165) is 24.2 Å². The Labute approximate surface area is 172 Å². The second-order valence-electron chi connectivity index (χ2n) is 7.14. The molecular formula is C21H28N2O5S. The molecule has 29 heavy (non-hydrogen) atoms. The molecule has 1 amide bonds. The van der Waals surface area contributed by atoms with Gasteiger partial charge in [-0.05, 0) is 49.1 Å². The third-order valence-electron chi connectivity index (χ3n) is 5.10. The molecule has 1 fully saturated rings. The van der Waals surface area contributed by atoms with Crippen LogP contribution < -0.4 is 0 Å². The lowest BCUT2D eigenvalue weighted by Crippen LogP contribution is -2.33. The highest BCUT2D eigenvalue weighted by molar-refractivity contribution is 7.89. The molecule has 0 aliphatic carbocycles. The van der Waals surface area contributed by atoms with Gasteiger partial charge < -0.3 is 14.1 Å². The Morgan fingerprint density at radius 1 is 1.17 bits per heavy atom. The van der Waals surface area contributed by atoms with Crippen LogP contribution in [0.15, 0.2) is 52.0 Å². The predicted octanol–water partition coefficient (Wildman–Crippen LogP) is 2.67. The summed E-state index contributed by atoms with van der Waals surface area (Å²) in [5.41, 5.74) is 0.934. The lowest BCUT2D eigenvalue weighted by Gasteiger charge is -2.21. The second-order valence-corrected chi connectivity index (χ2v) is 9.08. The van der Waals surface area contributed by atoms with E-state index in [2.05, 4.69) is 0 Å². The number of ether oxygens (including phenoxy) is 1. The lowest BCUT2D eigenvalue weighted by atomic mass is 10.1. The summed E-state index contributed by atoms with van der Waals surface area (Å²) in [6, 6.07) is 10.5. The van der Waals surface area contributed by atoms with Crippen LogP contribution in [-0.2, 0) is 32.5 Å². The molecule has 1 aliphatic heterocycles. The first-order valence-corrected chi connectivity index (χ1v) is 11.3. The number of rotatable bonds is 10. The Morgan fingerprint density at radius 3 is 2.52 bits per heavy atom. The van der Waals surface area contributed by atoms with Gasteiger partial charge in [-0.25, -0.2) is 8.42 Å². The van der Waals surface area contributed by atoms with Crippen molar-refractivity contribution >= 4 is 15.9 Å². The highest BCUT2D eigenvalue weighted by Crippen LogP contribution is 2.21. The number of carbonyl (C=O) groups excluding carboxylic acids is 1. The van der Waals surface area contributed by atoms with Gasteiger partial charge in [-0.3, -0.25) is 4.79 Å². The number of carbonyl (C=O) groups is 1. The fraction of sp³-hybridized carbons (Fsp3) is 0.476. The molecule has 0 bridgehead atoms. The minimum Gasteiger partial charge on any atom is -0.467 e. The maximum Gasteiger partial charge on any atom is 0.243 e. The molecule has 0 atom stereocenters. The van der Waals surface area contributed by atoms with Gasteiger partial charge in [-0.15, -0.1) is 0 Å². The second kappa shape index (κ2) is 10.0. The molecule has 0 unspecified atom stereocenters. The summed E-state index contributed by atoms with van der Waals surface area (Å²) in [5, 5.41) is 0. The van der Waals surface area contributed by atoms with E-state index in [9.17, 15) is 13.2 Å². The predicted molar refractivity (Wildman–Crippen MR) is 109 cm³/mol. The van der Waals surface area contributed by atoms with E-state index < -0.39 is 10.0 Å². The van der Waals surface area contributed by atoms with Gasteiger partial charge in [-0.2, -0.15) is 4.31 Å². The number of nitrogens with zero attached hydrogens (tertiary/aromatic N) is 2. The average molecular weight is 421 g/mol. The van der Waals surface area contributed by atoms with E-state index in [4.69, 9.17) is 9.15 Å². The molecule has 1 saturated heterocycles. The maximum absolute atomic E-state index is 12.7. The molecule has 0 N–H and O–H groups in total. The summed E-state index contributed by atoms with van der Waals surface area (Å²) in [4.78, 5) is 14.7. The van der Waals surface area contributed by atoms with E-state index in [0.29, 0.717) is 50.5 Å². The summed E-state index contributed by atoms with van der Waals surface area (Å²) >= 11 is 0. The Hall–Kier alpha value is -2.16. The van der Waals surface area contributed by atoms with E-state index in [1.807, 2.05) is 6.07 Å². The van der Waals surface area contributed by atoms with Gasteiger partial charge in [0.05, 0.1) is 24.3 Å². The third kappa shape index (κ3) is 5.68. The van der Waals surface area contributed by atoms with Crippen LogP contribution in [0, 0.1) is 0 Å². The van der Waals surface area contributed by atoms with Crippen molar-refractivity contribution in [2.45, 2.75) is 37.1 Å². The Balaban J connectivity index is 1.58. The largest absolute Gasteiger partial charge is 0.467 e. The van der Waals surface area contributed by atoms with Gasteiger partial charge in [0.1, 0.15) is 5.76 Å². The van der Waals surface area contributed by atoms with Crippen molar-refractivity contribution in [2.24, 2.45) is 0 Å². The number of sulfonamides is 1. The number of hydrogen-bond donors (Lipinski definition) is 0. The molecular weight excluding hydrogens is 392 g/mol. The summed E-state index contributed by atoms with van der Waals surface area (Å²) in [5.74, 6) is 0.734. The van der Waals surface area contributed by atoms with Crippen LogP contribution >= 0.6 is 0 Å². The van der Waals surface area contributed by atoms with Crippen molar-refractivity contribution < 1.29 is 22.4 Å². The summed E-state index contributed by atoms with van der Waals surface area (Å²) in [7, 11) is -1.80. The van der Waals surface area contributed by atoms with Crippen molar-refractivity contribution in [1.29, 1.82) is 0 Å². The van der Waals surface area contributed by atoms with Crippen LogP contribution in [0.25, 0.3) is 0 Å². The minimum absolute atomic E-state index is 0.00668. The molecule has 8 heteroatoms. The highest BCUT2D eigenvalue weighted by Gasteiger charge is 2.26. The summed E-state index contributed by atoms with van der Waals surface area (Å²) in [6.07, 6.45) is 4.30. The van der Waals surface area contributed by atoms with E-state index in [1.54, 1.807) is 48.6 Å². The molecule has 1 aromatic heterocycles. The monoisotopic (exact) mass is 420 g/mol. The molecule has 2 heterocycles. The number of amides is 1. The fourth-order valence-corrected chi connectivity index (χ4v) is 4.92. The van der Waals surface area contributed by atoms with Crippen LogP contribution in [-0.4, -0.2) is 56.9 Å². The van der Waals surface area contributed by atoms with E-state index in [-0.39, 0.29) is 5.91 Å². The van der Waals surface area contributed by atoms with Gasteiger partial charge in [0.2, 0.25) is 15.9 Å². The average Bonchev–Trinajstić information content (AvgIpc) is 3.44. The zero-order chi connectivity index (χ0) is 20.7. The Morgan fingerprint density at radius 2 is 1.90 bits per heavy atom. The molecule has 0 radical (unpaired) electrons. The molecule has 7 nitrogen and oxygen atoms in total. The SMILES string of the molecule is COCCN(Cc1ccco1)C(=O)CCc1ccc(S(=O)(=O)N2CCCC2)cc1. The molecule has 0 spiro atoms. The van der Waals surface area contributed by atoms with Crippen LogP contribution in [0.1, 0.15) is 30.6 Å². The number of benzene rings is 1. The quantitative estimate of drug-likeness (QED) is 0.590. The number of methoxy groups -OCH3 is 1. The van der Waals surface area contributed by atoms with Crippen molar-refractivity contribution in [2.75, 3.05) is 33.4 Å². The molecule has 2 aromatic rings. The van der Waals surface area contributed by atoms with Gasteiger partial charge in [0.15, 0.2) is 0 Å². The van der Waals surface area contributed by atoms with Crippen LogP contribution in [0.3, 0.4) is 0 Å². The number of hydrogen-bond acceptors (Lipinski definition) is 5.